The summed E-state index contributed by atoms with van der Waals surface area (Å²) in [5.74, 6) is -1.72. The third-order valence-corrected chi connectivity index (χ3v) is 4.54. The van der Waals surface area contributed by atoms with Gasteiger partial charge in [-0.2, -0.15) is 4.31 Å². The van der Waals surface area contributed by atoms with Crippen LogP contribution in [0, 0.1) is 0 Å². The van der Waals surface area contributed by atoms with Crippen molar-refractivity contribution in [2.45, 2.75) is 11.8 Å². The molecule has 2 amide bonds. The van der Waals surface area contributed by atoms with Crippen LogP contribution < -0.4 is 0 Å². The summed E-state index contributed by atoms with van der Waals surface area (Å²) in [7, 11) is -4.21. The molecule has 0 fully saturated rings. The lowest BCUT2D eigenvalue weighted by Crippen LogP contribution is -2.40. The highest BCUT2D eigenvalue weighted by molar-refractivity contribution is 7.90. The van der Waals surface area contributed by atoms with Gasteiger partial charge in [-0.3, -0.25) is 9.59 Å². The molecular formula is C15H13NO4S. The van der Waals surface area contributed by atoms with Crippen LogP contribution in [-0.4, -0.2) is 24.5 Å². The van der Waals surface area contributed by atoms with Gasteiger partial charge in [0.25, 0.3) is 15.9 Å². The molecule has 0 bridgehead atoms. The fraction of sp³-hybridized carbons (Fsp3) is 0.0667. The second kappa shape index (κ2) is 5.88. The fourth-order valence-electron chi connectivity index (χ4n) is 1.82. The van der Waals surface area contributed by atoms with E-state index in [2.05, 4.69) is 0 Å². The SMILES string of the molecule is CC(=O)N(C(=O)c1ccccc1)S(=O)(=O)c1ccccc1. The molecular weight excluding hydrogens is 290 g/mol. The molecule has 0 heterocycles. The molecule has 0 unspecified atom stereocenters. The van der Waals surface area contributed by atoms with Crippen LogP contribution in [-0.2, 0) is 14.8 Å². The standard InChI is InChI=1S/C15H13NO4S/c1-12(17)16(15(18)13-8-4-2-5-9-13)21(19,20)14-10-6-3-7-11-14/h2-11H,1H3. The number of sulfonamides is 1. The van der Waals surface area contributed by atoms with Crippen molar-refractivity contribution in [3.63, 3.8) is 0 Å². The summed E-state index contributed by atoms with van der Waals surface area (Å²) in [4.78, 5) is 23.9. The Kier molecular flexibility index (Phi) is 4.18. The second-order valence-corrected chi connectivity index (χ2v) is 6.06. The van der Waals surface area contributed by atoms with Gasteiger partial charge in [0.05, 0.1) is 4.90 Å². The molecule has 2 rings (SSSR count). The zero-order chi connectivity index (χ0) is 15.5. The maximum atomic E-state index is 12.5. The molecule has 108 valence electrons. The quantitative estimate of drug-likeness (QED) is 0.870. The average molecular weight is 303 g/mol. The van der Waals surface area contributed by atoms with E-state index < -0.39 is 21.8 Å². The lowest BCUT2D eigenvalue weighted by atomic mass is 10.2. The fourth-order valence-corrected chi connectivity index (χ4v) is 3.19. The molecule has 0 spiro atoms. The van der Waals surface area contributed by atoms with Crippen molar-refractivity contribution in [1.82, 2.24) is 4.31 Å². The number of carbonyl (C=O) groups is 2. The van der Waals surface area contributed by atoms with Crippen molar-refractivity contribution in [1.29, 1.82) is 0 Å². The summed E-state index contributed by atoms with van der Waals surface area (Å²) < 4.78 is 25.2. The molecule has 0 atom stereocenters. The molecule has 0 N–H and O–H groups in total. The van der Waals surface area contributed by atoms with E-state index in [0.29, 0.717) is 0 Å². The minimum Gasteiger partial charge on any atom is -0.274 e. The first-order valence-corrected chi connectivity index (χ1v) is 7.59. The van der Waals surface area contributed by atoms with E-state index in [4.69, 9.17) is 0 Å². The Morgan fingerprint density at radius 1 is 0.857 bits per heavy atom. The Morgan fingerprint density at radius 3 is 1.81 bits per heavy atom. The van der Waals surface area contributed by atoms with E-state index in [9.17, 15) is 18.0 Å². The van der Waals surface area contributed by atoms with Gasteiger partial charge in [0.15, 0.2) is 0 Å². The Morgan fingerprint density at radius 2 is 1.33 bits per heavy atom. The lowest BCUT2D eigenvalue weighted by Gasteiger charge is -2.19. The third kappa shape index (κ3) is 3.00. The van der Waals surface area contributed by atoms with Gasteiger partial charge in [-0.25, -0.2) is 8.42 Å². The third-order valence-electron chi connectivity index (χ3n) is 2.77. The normalized spacial score (nSPS) is 10.9. The van der Waals surface area contributed by atoms with Gasteiger partial charge in [-0.05, 0) is 24.3 Å². The highest BCUT2D eigenvalue weighted by Crippen LogP contribution is 2.18. The van der Waals surface area contributed by atoms with Crippen molar-refractivity contribution in [3.8, 4) is 0 Å². The smallest absolute Gasteiger partial charge is 0.274 e. The molecule has 2 aromatic carbocycles. The monoisotopic (exact) mass is 303 g/mol. The molecule has 0 aliphatic heterocycles. The van der Waals surface area contributed by atoms with E-state index in [1.807, 2.05) is 0 Å². The molecule has 0 aromatic heterocycles. The Balaban J connectivity index is 2.50. The van der Waals surface area contributed by atoms with Crippen molar-refractivity contribution >= 4 is 21.8 Å². The van der Waals surface area contributed by atoms with E-state index >= 15 is 0 Å². The van der Waals surface area contributed by atoms with Gasteiger partial charge >= 0.3 is 0 Å². The van der Waals surface area contributed by atoms with E-state index in [-0.39, 0.29) is 14.8 Å². The van der Waals surface area contributed by atoms with Gasteiger partial charge in [-0.1, -0.05) is 36.4 Å². The maximum Gasteiger partial charge on any atom is 0.274 e. The minimum absolute atomic E-state index is 0.107. The summed E-state index contributed by atoms with van der Waals surface area (Å²) in [6, 6.07) is 15.2. The zero-order valence-electron chi connectivity index (χ0n) is 11.3. The van der Waals surface area contributed by atoms with Crippen LogP contribution in [0.4, 0.5) is 0 Å². The highest BCUT2D eigenvalue weighted by Gasteiger charge is 2.33. The van der Waals surface area contributed by atoms with Crippen LogP contribution in [0.2, 0.25) is 0 Å². The Labute approximate surface area is 122 Å². The van der Waals surface area contributed by atoms with Crippen molar-refractivity contribution in [2.24, 2.45) is 0 Å². The van der Waals surface area contributed by atoms with Gasteiger partial charge in [0.2, 0.25) is 5.91 Å². The number of imide groups is 1. The predicted octanol–water partition coefficient (Wildman–Crippen LogP) is 2.06. The first-order chi connectivity index (χ1) is 9.94. The molecule has 21 heavy (non-hydrogen) atoms. The predicted molar refractivity (Wildman–Crippen MR) is 76.9 cm³/mol. The summed E-state index contributed by atoms with van der Waals surface area (Å²) in [5.41, 5.74) is 0.132. The number of carbonyl (C=O) groups excluding carboxylic acids is 2. The van der Waals surface area contributed by atoms with Crippen LogP contribution >= 0.6 is 0 Å². The zero-order valence-corrected chi connectivity index (χ0v) is 12.1. The lowest BCUT2D eigenvalue weighted by molar-refractivity contribution is -0.122. The van der Waals surface area contributed by atoms with Gasteiger partial charge < -0.3 is 0 Å². The van der Waals surface area contributed by atoms with E-state index in [0.717, 1.165) is 6.92 Å². The van der Waals surface area contributed by atoms with Crippen molar-refractivity contribution in [3.05, 3.63) is 66.2 Å². The number of hydrogen-bond donors (Lipinski definition) is 0. The summed E-state index contributed by atoms with van der Waals surface area (Å²) in [5, 5.41) is 0. The largest absolute Gasteiger partial charge is 0.274 e. The molecule has 2 aromatic rings. The Bertz CT molecular complexity index is 755. The molecule has 0 aliphatic rings. The van der Waals surface area contributed by atoms with Crippen LogP contribution in [0.5, 0.6) is 0 Å². The first-order valence-electron chi connectivity index (χ1n) is 6.15. The van der Waals surface area contributed by atoms with E-state index in [1.54, 1.807) is 24.3 Å². The van der Waals surface area contributed by atoms with Gasteiger partial charge in [0.1, 0.15) is 0 Å². The van der Waals surface area contributed by atoms with Crippen LogP contribution in [0.1, 0.15) is 17.3 Å². The van der Waals surface area contributed by atoms with Crippen molar-refractivity contribution < 1.29 is 18.0 Å². The number of hydrogen-bond acceptors (Lipinski definition) is 4. The average Bonchev–Trinajstić information content (AvgIpc) is 2.48. The first kappa shape index (κ1) is 14.9. The van der Waals surface area contributed by atoms with Gasteiger partial charge in [0, 0.05) is 12.5 Å². The molecule has 0 saturated heterocycles. The maximum absolute atomic E-state index is 12.5. The second-order valence-electron chi connectivity index (χ2n) is 4.27. The highest BCUT2D eigenvalue weighted by atomic mass is 32.2. The van der Waals surface area contributed by atoms with Crippen LogP contribution in [0.25, 0.3) is 0 Å². The number of nitrogens with zero attached hydrogens (tertiary/aromatic N) is 1. The Hall–Kier alpha value is -2.47. The number of rotatable bonds is 3. The van der Waals surface area contributed by atoms with E-state index in [1.165, 1.54) is 36.4 Å². The number of amides is 2. The van der Waals surface area contributed by atoms with Crippen LogP contribution in [0.15, 0.2) is 65.6 Å². The van der Waals surface area contributed by atoms with Gasteiger partial charge in [-0.15, -0.1) is 0 Å². The summed E-state index contributed by atoms with van der Waals surface area (Å²) >= 11 is 0. The summed E-state index contributed by atoms with van der Waals surface area (Å²) in [6.45, 7) is 1.04. The molecule has 5 nitrogen and oxygen atoms in total. The molecule has 0 aliphatic carbocycles. The topological polar surface area (TPSA) is 71.5 Å². The van der Waals surface area contributed by atoms with Crippen LogP contribution in [0.3, 0.4) is 0 Å². The van der Waals surface area contributed by atoms with Crippen molar-refractivity contribution in [2.75, 3.05) is 0 Å². The molecule has 0 radical (unpaired) electrons. The summed E-state index contributed by atoms with van der Waals surface area (Å²) in [6.07, 6.45) is 0. The molecule has 0 saturated carbocycles. The minimum atomic E-state index is -4.21. The number of benzene rings is 2. The molecule has 6 heteroatoms.